The van der Waals surface area contributed by atoms with Crippen molar-refractivity contribution >= 4 is 23.0 Å². The molecule has 0 aliphatic heterocycles. The van der Waals surface area contributed by atoms with E-state index >= 15 is 0 Å². The van der Waals surface area contributed by atoms with Crippen LogP contribution >= 0.6 is 11.6 Å². The zero-order chi connectivity index (χ0) is 14.0. The third-order valence-corrected chi connectivity index (χ3v) is 3.83. The van der Waals surface area contributed by atoms with Gasteiger partial charge in [-0.15, -0.1) is 0 Å². The van der Waals surface area contributed by atoms with E-state index in [4.69, 9.17) is 17.3 Å². The van der Waals surface area contributed by atoms with Crippen LogP contribution in [-0.2, 0) is 0 Å². The maximum absolute atomic E-state index is 13.3. The van der Waals surface area contributed by atoms with E-state index in [1.165, 1.54) is 6.07 Å². The fourth-order valence-corrected chi connectivity index (χ4v) is 2.68. The van der Waals surface area contributed by atoms with E-state index in [2.05, 4.69) is 5.32 Å². The molecule has 1 aliphatic carbocycles. The molecular formula is C12H15ClFN3O2. The molecule has 0 amide bonds. The van der Waals surface area contributed by atoms with Gasteiger partial charge in [0.15, 0.2) is 0 Å². The highest BCUT2D eigenvalue weighted by molar-refractivity contribution is 6.31. The summed E-state index contributed by atoms with van der Waals surface area (Å²) < 4.78 is 13.3. The third kappa shape index (κ3) is 2.96. The topological polar surface area (TPSA) is 81.2 Å². The van der Waals surface area contributed by atoms with Gasteiger partial charge in [0.25, 0.3) is 5.69 Å². The molecule has 7 heteroatoms. The van der Waals surface area contributed by atoms with E-state index in [9.17, 15) is 14.5 Å². The molecule has 2 unspecified atom stereocenters. The molecule has 5 nitrogen and oxygen atoms in total. The van der Waals surface area contributed by atoms with Crippen molar-refractivity contribution in [2.75, 3.05) is 11.9 Å². The summed E-state index contributed by atoms with van der Waals surface area (Å²) in [6.45, 7) is 0.528. The molecule has 1 aliphatic rings. The molecule has 3 N–H and O–H groups in total. The van der Waals surface area contributed by atoms with E-state index in [-0.39, 0.29) is 28.4 Å². The molecule has 1 fully saturated rings. The van der Waals surface area contributed by atoms with E-state index in [0.717, 1.165) is 25.3 Å². The predicted octanol–water partition coefficient (Wildman–Crippen LogP) is 2.93. The van der Waals surface area contributed by atoms with E-state index in [1.54, 1.807) is 0 Å². The average molecular weight is 288 g/mol. The van der Waals surface area contributed by atoms with Crippen LogP contribution in [0.25, 0.3) is 0 Å². The van der Waals surface area contributed by atoms with Crippen LogP contribution in [0.1, 0.15) is 19.3 Å². The van der Waals surface area contributed by atoms with Gasteiger partial charge in [0.1, 0.15) is 11.5 Å². The maximum atomic E-state index is 13.3. The van der Waals surface area contributed by atoms with Crippen LogP contribution in [0.2, 0.25) is 5.02 Å². The summed E-state index contributed by atoms with van der Waals surface area (Å²) in [5.74, 6) is -0.510. The molecule has 0 heterocycles. The summed E-state index contributed by atoms with van der Waals surface area (Å²) in [5.41, 5.74) is 5.62. The number of benzene rings is 1. The Morgan fingerprint density at radius 3 is 2.89 bits per heavy atom. The summed E-state index contributed by atoms with van der Waals surface area (Å²) in [4.78, 5) is 10.3. The maximum Gasteiger partial charge on any atom is 0.295 e. The molecule has 2 atom stereocenters. The highest BCUT2D eigenvalue weighted by Gasteiger charge is 2.28. The van der Waals surface area contributed by atoms with Crippen molar-refractivity contribution in [3.63, 3.8) is 0 Å². The molecule has 1 aromatic carbocycles. The standard InChI is InChI=1S/C12H15ClFN3O2/c13-8-4-11(12(17(18)19)5-9(8)14)16-10-3-1-2-7(10)6-15/h4-5,7,10,16H,1-3,6,15H2. The molecule has 19 heavy (non-hydrogen) atoms. The largest absolute Gasteiger partial charge is 0.376 e. The Balaban J connectivity index is 2.28. The van der Waals surface area contributed by atoms with Crippen molar-refractivity contribution in [3.05, 3.63) is 33.1 Å². The summed E-state index contributed by atoms with van der Waals surface area (Å²) >= 11 is 5.68. The molecule has 1 aromatic rings. The number of nitro groups is 1. The van der Waals surface area contributed by atoms with E-state index in [0.29, 0.717) is 6.54 Å². The van der Waals surface area contributed by atoms with Crippen molar-refractivity contribution in [2.45, 2.75) is 25.3 Å². The molecular weight excluding hydrogens is 273 g/mol. The molecule has 0 spiro atoms. The van der Waals surface area contributed by atoms with Crippen molar-refractivity contribution in [1.29, 1.82) is 0 Å². The van der Waals surface area contributed by atoms with Crippen LogP contribution in [-0.4, -0.2) is 17.5 Å². The van der Waals surface area contributed by atoms with Gasteiger partial charge in [-0.05, 0) is 31.4 Å². The zero-order valence-corrected chi connectivity index (χ0v) is 11.0. The van der Waals surface area contributed by atoms with E-state index < -0.39 is 10.7 Å². The minimum atomic E-state index is -0.791. The van der Waals surface area contributed by atoms with Crippen molar-refractivity contribution in [1.82, 2.24) is 0 Å². The highest BCUT2D eigenvalue weighted by Crippen LogP contribution is 2.34. The number of hydrogen-bond donors (Lipinski definition) is 2. The van der Waals surface area contributed by atoms with Gasteiger partial charge in [0.2, 0.25) is 0 Å². The Morgan fingerprint density at radius 1 is 1.53 bits per heavy atom. The first-order chi connectivity index (χ1) is 9.02. The number of anilines is 1. The predicted molar refractivity (Wildman–Crippen MR) is 71.9 cm³/mol. The molecule has 2 rings (SSSR count). The molecule has 0 radical (unpaired) electrons. The number of nitrogens with one attached hydrogen (secondary N) is 1. The normalized spacial score (nSPS) is 22.5. The molecule has 104 valence electrons. The van der Waals surface area contributed by atoms with Crippen LogP contribution in [0.15, 0.2) is 12.1 Å². The summed E-state index contributed by atoms with van der Waals surface area (Å²) in [5, 5.41) is 13.9. The third-order valence-electron chi connectivity index (χ3n) is 3.54. The number of nitrogens with two attached hydrogens (primary N) is 1. The molecule has 0 saturated heterocycles. The van der Waals surface area contributed by atoms with Gasteiger partial charge in [-0.25, -0.2) is 4.39 Å². The molecule has 0 aromatic heterocycles. The number of halogens is 2. The van der Waals surface area contributed by atoms with Crippen LogP contribution in [0.3, 0.4) is 0 Å². The van der Waals surface area contributed by atoms with Gasteiger partial charge < -0.3 is 11.1 Å². The van der Waals surface area contributed by atoms with Crippen LogP contribution in [0.5, 0.6) is 0 Å². The summed E-state index contributed by atoms with van der Waals surface area (Å²) in [6, 6.07) is 2.18. The number of nitro benzene ring substituents is 1. The fraction of sp³-hybridized carbons (Fsp3) is 0.500. The van der Waals surface area contributed by atoms with Crippen LogP contribution in [0, 0.1) is 21.8 Å². The van der Waals surface area contributed by atoms with Gasteiger partial charge in [-0.3, -0.25) is 10.1 Å². The van der Waals surface area contributed by atoms with Gasteiger partial charge in [-0.1, -0.05) is 18.0 Å². The second-order valence-corrected chi connectivity index (χ2v) is 5.13. The van der Waals surface area contributed by atoms with Gasteiger partial charge in [-0.2, -0.15) is 0 Å². The first kappa shape index (κ1) is 14.0. The smallest absolute Gasteiger partial charge is 0.295 e. The molecule has 0 bridgehead atoms. The Morgan fingerprint density at radius 2 is 2.26 bits per heavy atom. The van der Waals surface area contributed by atoms with Crippen molar-refractivity contribution < 1.29 is 9.31 Å². The van der Waals surface area contributed by atoms with Crippen molar-refractivity contribution in [3.8, 4) is 0 Å². The van der Waals surface area contributed by atoms with Crippen molar-refractivity contribution in [2.24, 2.45) is 11.7 Å². The average Bonchev–Trinajstić information content (AvgIpc) is 2.80. The lowest BCUT2D eigenvalue weighted by Crippen LogP contribution is -2.29. The number of nitrogens with zero attached hydrogens (tertiary/aromatic N) is 1. The second kappa shape index (κ2) is 5.71. The minimum Gasteiger partial charge on any atom is -0.376 e. The SMILES string of the molecule is NCC1CCCC1Nc1cc(Cl)c(F)cc1[N+](=O)[O-]. The lowest BCUT2D eigenvalue weighted by molar-refractivity contribution is -0.384. The highest BCUT2D eigenvalue weighted by atomic mass is 35.5. The fourth-order valence-electron chi connectivity index (χ4n) is 2.51. The van der Waals surface area contributed by atoms with Gasteiger partial charge in [0.05, 0.1) is 16.0 Å². The van der Waals surface area contributed by atoms with Gasteiger partial charge >= 0.3 is 0 Å². The van der Waals surface area contributed by atoms with E-state index in [1.807, 2.05) is 0 Å². The Bertz CT molecular complexity index is 498. The quantitative estimate of drug-likeness (QED) is 0.659. The first-order valence-electron chi connectivity index (χ1n) is 6.13. The molecule has 1 saturated carbocycles. The lowest BCUT2D eigenvalue weighted by Gasteiger charge is -2.20. The second-order valence-electron chi connectivity index (χ2n) is 4.72. The van der Waals surface area contributed by atoms with Crippen LogP contribution in [0.4, 0.5) is 15.8 Å². The van der Waals surface area contributed by atoms with Gasteiger partial charge in [0, 0.05) is 6.04 Å². The Labute approximate surface area is 115 Å². The Hall–Kier alpha value is -1.40. The summed E-state index contributed by atoms with van der Waals surface area (Å²) in [7, 11) is 0. The first-order valence-corrected chi connectivity index (χ1v) is 6.50. The zero-order valence-electron chi connectivity index (χ0n) is 10.2. The minimum absolute atomic E-state index is 0.0743. The monoisotopic (exact) mass is 287 g/mol. The van der Waals surface area contributed by atoms with Crippen LogP contribution < -0.4 is 11.1 Å². The number of hydrogen-bond acceptors (Lipinski definition) is 4. The Kier molecular flexibility index (Phi) is 4.21. The number of rotatable bonds is 4. The lowest BCUT2D eigenvalue weighted by atomic mass is 10.0. The summed E-state index contributed by atoms with van der Waals surface area (Å²) in [6.07, 6.45) is 2.92.